The summed E-state index contributed by atoms with van der Waals surface area (Å²) in [5.41, 5.74) is 3.28. The van der Waals surface area contributed by atoms with Gasteiger partial charge in [0.2, 0.25) is 10.0 Å². The van der Waals surface area contributed by atoms with Crippen LogP contribution < -0.4 is 10.0 Å². The molecule has 0 atom stereocenters. The van der Waals surface area contributed by atoms with Gasteiger partial charge in [0.15, 0.2) is 0 Å². The van der Waals surface area contributed by atoms with Gasteiger partial charge in [0.25, 0.3) is 0 Å². The van der Waals surface area contributed by atoms with Crippen molar-refractivity contribution in [2.45, 2.75) is 6.54 Å². The summed E-state index contributed by atoms with van der Waals surface area (Å²) < 4.78 is 24.7. The van der Waals surface area contributed by atoms with Crippen molar-refractivity contribution in [2.75, 3.05) is 11.6 Å². The monoisotopic (exact) mass is 370 g/mol. The fourth-order valence-corrected chi connectivity index (χ4v) is 2.71. The van der Waals surface area contributed by atoms with Crippen LogP contribution in [0.1, 0.15) is 5.56 Å². The van der Waals surface area contributed by atoms with Gasteiger partial charge in [0, 0.05) is 23.9 Å². The van der Waals surface area contributed by atoms with Gasteiger partial charge in [0.05, 0.1) is 11.9 Å². The lowest BCUT2D eigenvalue weighted by atomic mass is 10.1. The maximum absolute atomic E-state index is 11.1. The van der Waals surface area contributed by atoms with Crippen LogP contribution in [0, 0.1) is 0 Å². The predicted octanol–water partition coefficient (Wildman–Crippen LogP) is 2.64. The van der Waals surface area contributed by atoms with E-state index in [1.54, 1.807) is 24.3 Å². The lowest BCUT2D eigenvalue weighted by molar-refractivity contribution is 0.475. The zero-order valence-corrected chi connectivity index (χ0v) is 14.9. The molecule has 0 aliphatic rings. The molecule has 0 bridgehead atoms. The number of nitrogens with zero attached hydrogens (tertiary/aromatic N) is 2. The second-order valence-electron chi connectivity index (χ2n) is 5.75. The van der Waals surface area contributed by atoms with Gasteiger partial charge in [-0.15, -0.1) is 0 Å². The average Bonchev–Trinajstić information content (AvgIpc) is 2.61. The van der Waals surface area contributed by atoms with Crippen LogP contribution in [0.4, 0.5) is 11.5 Å². The first-order valence-corrected chi connectivity index (χ1v) is 9.70. The topological polar surface area (TPSA) is 104 Å². The molecule has 0 aliphatic heterocycles. The quantitative estimate of drug-likeness (QED) is 0.616. The molecule has 0 unspecified atom stereocenters. The summed E-state index contributed by atoms with van der Waals surface area (Å²) in [4.78, 5) is 8.45. The molecule has 3 rings (SSSR count). The van der Waals surface area contributed by atoms with E-state index < -0.39 is 10.0 Å². The number of rotatable bonds is 6. The van der Waals surface area contributed by atoms with Crippen LogP contribution in [0.25, 0.3) is 11.3 Å². The summed E-state index contributed by atoms with van der Waals surface area (Å²) in [6, 6.07) is 16.0. The summed E-state index contributed by atoms with van der Waals surface area (Å²) in [7, 11) is -3.21. The second kappa shape index (κ2) is 7.51. The Morgan fingerprint density at radius 1 is 1.00 bits per heavy atom. The average molecular weight is 370 g/mol. The number of hydrogen-bond acceptors (Lipinski definition) is 6. The molecule has 1 aromatic heterocycles. The lowest BCUT2D eigenvalue weighted by Gasteiger charge is -2.08. The Hall–Kier alpha value is -2.97. The minimum absolute atomic E-state index is 0.201. The molecule has 7 nitrogen and oxygen atoms in total. The van der Waals surface area contributed by atoms with Crippen molar-refractivity contribution in [3.63, 3.8) is 0 Å². The molecule has 26 heavy (non-hydrogen) atoms. The van der Waals surface area contributed by atoms with Crippen LogP contribution in [0.2, 0.25) is 0 Å². The zero-order valence-electron chi connectivity index (χ0n) is 14.0. The molecule has 0 amide bonds. The Balaban J connectivity index is 1.71. The smallest absolute Gasteiger partial charge is 0.209 e. The predicted molar refractivity (Wildman–Crippen MR) is 101 cm³/mol. The molecule has 1 heterocycles. The van der Waals surface area contributed by atoms with Gasteiger partial charge in [-0.2, -0.15) is 0 Å². The zero-order chi connectivity index (χ0) is 18.6. The minimum atomic E-state index is -3.21. The Bertz CT molecular complexity index is 988. The summed E-state index contributed by atoms with van der Waals surface area (Å²) in [6.45, 7) is 0.248. The van der Waals surface area contributed by atoms with E-state index in [4.69, 9.17) is 0 Å². The first-order valence-electron chi connectivity index (χ1n) is 7.81. The van der Waals surface area contributed by atoms with E-state index >= 15 is 0 Å². The summed E-state index contributed by atoms with van der Waals surface area (Å²) in [5.74, 6) is 0.830. The van der Waals surface area contributed by atoms with E-state index in [1.807, 2.05) is 30.3 Å². The van der Waals surface area contributed by atoms with E-state index in [0.717, 1.165) is 28.8 Å². The van der Waals surface area contributed by atoms with Crippen LogP contribution in [-0.2, 0) is 16.6 Å². The molecular weight excluding hydrogens is 352 g/mol. The third-order valence-electron chi connectivity index (χ3n) is 3.59. The fraction of sp³-hybridized carbons (Fsp3) is 0.111. The van der Waals surface area contributed by atoms with Gasteiger partial charge >= 0.3 is 0 Å². The minimum Gasteiger partial charge on any atom is -0.508 e. The van der Waals surface area contributed by atoms with Crippen molar-refractivity contribution in [2.24, 2.45) is 0 Å². The van der Waals surface area contributed by atoms with Gasteiger partial charge in [-0.05, 0) is 42.0 Å². The molecular formula is C18H18N4O3S. The molecule has 3 aromatic rings. The molecule has 0 spiro atoms. The molecule has 134 valence electrons. The normalized spacial score (nSPS) is 11.3. The van der Waals surface area contributed by atoms with E-state index in [9.17, 15) is 13.5 Å². The molecule has 8 heteroatoms. The molecule has 0 radical (unpaired) electrons. The van der Waals surface area contributed by atoms with E-state index in [0.29, 0.717) is 5.82 Å². The van der Waals surface area contributed by atoms with Crippen LogP contribution in [0.5, 0.6) is 5.75 Å². The standard InChI is InChI=1S/C18H18N4O3S/c1-26(24,25)21-11-13-2-6-15(7-3-13)22-18-10-17(19-12-20-18)14-4-8-16(23)9-5-14/h2-10,12,21,23H,11H2,1H3,(H,19,20,22). The largest absolute Gasteiger partial charge is 0.508 e. The summed E-state index contributed by atoms with van der Waals surface area (Å²) in [6.07, 6.45) is 2.60. The van der Waals surface area contributed by atoms with Crippen molar-refractivity contribution in [3.05, 3.63) is 66.5 Å². The number of aromatic nitrogens is 2. The Kier molecular flexibility index (Phi) is 5.15. The number of hydrogen-bond donors (Lipinski definition) is 3. The third kappa shape index (κ3) is 5.01. The SMILES string of the molecule is CS(=O)(=O)NCc1ccc(Nc2cc(-c3ccc(O)cc3)ncn2)cc1. The highest BCUT2D eigenvalue weighted by Gasteiger charge is 2.04. The Labute approximate surface area is 151 Å². The highest BCUT2D eigenvalue weighted by molar-refractivity contribution is 7.88. The highest BCUT2D eigenvalue weighted by Crippen LogP contribution is 2.23. The van der Waals surface area contributed by atoms with Gasteiger partial charge in [0.1, 0.15) is 17.9 Å². The van der Waals surface area contributed by atoms with E-state index in [1.165, 1.54) is 6.33 Å². The summed E-state index contributed by atoms with van der Waals surface area (Å²) in [5, 5.41) is 12.6. The second-order valence-corrected chi connectivity index (χ2v) is 7.58. The van der Waals surface area contributed by atoms with E-state index in [-0.39, 0.29) is 12.3 Å². The van der Waals surface area contributed by atoms with Gasteiger partial charge in [-0.25, -0.2) is 23.1 Å². The number of nitrogens with one attached hydrogen (secondary N) is 2. The molecule has 0 saturated heterocycles. The third-order valence-corrected chi connectivity index (χ3v) is 4.26. The molecule has 0 fully saturated rings. The molecule has 2 aromatic carbocycles. The van der Waals surface area contributed by atoms with Gasteiger partial charge in [-0.1, -0.05) is 12.1 Å². The fourth-order valence-electron chi connectivity index (χ4n) is 2.28. The maximum atomic E-state index is 11.1. The highest BCUT2D eigenvalue weighted by atomic mass is 32.2. The van der Waals surface area contributed by atoms with Crippen LogP contribution >= 0.6 is 0 Å². The molecule has 0 saturated carbocycles. The number of phenols is 1. The number of sulfonamides is 1. The Morgan fingerprint density at radius 3 is 2.35 bits per heavy atom. The lowest BCUT2D eigenvalue weighted by Crippen LogP contribution is -2.21. The van der Waals surface area contributed by atoms with Crippen molar-refractivity contribution in [1.29, 1.82) is 0 Å². The number of phenolic OH excluding ortho intramolecular Hbond substituents is 1. The Morgan fingerprint density at radius 2 is 1.69 bits per heavy atom. The number of aromatic hydroxyl groups is 1. The van der Waals surface area contributed by atoms with E-state index in [2.05, 4.69) is 20.0 Å². The molecule has 0 aliphatic carbocycles. The number of anilines is 2. The maximum Gasteiger partial charge on any atom is 0.209 e. The van der Waals surface area contributed by atoms with Crippen molar-refractivity contribution in [3.8, 4) is 17.0 Å². The van der Waals surface area contributed by atoms with Crippen molar-refractivity contribution >= 4 is 21.5 Å². The van der Waals surface area contributed by atoms with Gasteiger partial charge < -0.3 is 10.4 Å². The van der Waals surface area contributed by atoms with Crippen molar-refractivity contribution in [1.82, 2.24) is 14.7 Å². The van der Waals surface area contributed by atoms with Crippen molar-refractivity contribution < 1.29 is 13.5 Å². The van der Waals surface area contributed by atoms with Gasteiger partial charge in [-0.3, -0.25) is 0 Å². The number of benzene rings is 2. The van der Waals surface area contributed by atoms with Crippen LogP contribution in [0.15, 0.2) is 60.9 Å². The van der Waals surface area contributed by atoms with Crippen LogP contribution in [0.3, 0.4) is 0 Å². The molecule has 3 N–H and O–H groups in total. The first-order chi connectivity index (χ1) is 12.4. The first kappa shape index (κ1) is 17.8. The summed E-state index contributed by atoms with van der Waals surface area (Å²) >= 11 is 0. The van der Waals surface area contributed by atoms with Crippen LogP contribution in [-0.4, -0.2) is 29.7 Å².